The summed E-state index contributed by atoms with van der Waals surface area (Å²) in [5, 5.41) is 8.80. The van der Waals surface area contributed by atoms with Crippen LogP contribution in [0.4, 0.5) is 0 Å². The van der Waals surface area contributed by atoms with Gasteiger partial charge in [-0.1, -0.05) is 62.3 Å². The molecule has 0 spiro atoms. The number of hydrogen-bond acceptors (Lipinski definition) is 2. The van der Waals surface area contributed by atoms with Gasteiger partial charge in [-0.15, -0.1) is 0 Å². The van der Waals surface area contributed by atoms with Crippen LogP contribution < -0.4 is 0 Å². The van der Waals surface area contributed by atoms with Crippen LogP contribution in [0.15, 0.2) is 52.1 Å². The topological polar surface area (TPSA) is 49.7 Å². The highest BCUT2D eigenvalue weighted by Crippen LogP contribution is 2.40. The minimum absolute atomic E-state index is 0.274. The summed E-state index contributed by atoms with van der Waals surface area (Å²) in [6, 6.07) is -0.666. The van der Waals surface area contributed by atoms with Gasteiger partial charge in [0, 0.05) is 6.21 Å². The molecular weight excluding hydrogens is 322 g/mol. The van der Waals surface area contributed by atoms with Gasteiger partial charge in [-0.2, -0.15) is 0 Å². The van der Waals surface area contributed by atoms with Crippen LogP contribution in [-0.2, 0) is 4.79 Å². The van der Waals surface area contributed by atoms with Crippen molar-refractivity contribution in [2.24, 2.45) is 16.3 Å². The summed E-state index contributed by atoms with van der Waals surface area (Å²) in [7, 11) is 0. The second kappa shape index (κ2) is 10.3. The molecule has 1 N–H and O–H groups in total. The summed E-state index contributed by atoms with van der Waals surface area (Å²) in [5.41, 5.74) is 4.50. The Hall–Kier alpha value is -1.90. The number of aliphatic imine (C=N–C) groups is 1. The van der Waals surface area contributed by atoms with E-state index < -0.39 is 12.0 Å². The fraction of sp³-hybridized carbons (Fsp3) is 0.565. The molecule has 3 nitrogen and oxygen atoms in total. The van der Waals surface area contributed by atoms with E-state index in [1.165, 1.54) is 36.0 Å². The Kier molecular flexibility index (Phi) is 8.77. The van der Waals surface area contributed by atoms with Gasteiger partial charge in [0.15, 0.2) is 0 Å². The molecule has 0 aliphatic heterocycles. The predicted molar refractivity (Wildman–Crippen MR) is 112 cm³/mol. The Morgan fingerprint density at radius 3 is 2.65 bits per heavy atom. The van der Waals surface area contributed by atoms with Crippen LogP contribution >= 0.6 is 0 Å². The molecule has 2 atom stereocenters. The van der Waals surface area contributed by atoms with E-state index in [1.54, 1.807) is 13.1 Å². The molecule has 1 rings (SSSR count). The fourth-order valence-electron chi connectivity index (χ4n) is 3.21. The van der Waals surface area contributed by atoms with Gasteiger partial charge in [0.1, 0.15) is 6.04 Å². The van der Waals surface area contributed by atoms with E-state index in [2.05, 4.69) is 70.0 Å². The molecule has 0 saturated heterocycles. The number of aliphatic carboxylic acids is 1. The van der Waals surface area contributed by atoms with E-state index in [9.17, 15) is 4.79 Å². The van der Waals surface area contributed by atoms with Crippen LogP contribution in [0.2, 0.25) is 0 Å². The maximum absolute atomic E-state index is 10.7. The van der Waals surface area contributed by atoms with Gasteiger partial charge in [0.25, 0.3) is 0 Å². The standard InChI is InChI=1S/C23H35NO2/c1-17(12-13-21-19(3)11-8-15-23(21,5)6)9-7-10-18(2)14-16-24-20(4)22(25)26/h7,9-10,12-13,16,18,20H,8,11,14-15H2,1-6H3,(H,25,26)/t18?,20-/m0/s1. The van der Waals surface area contributed by atoms with E-state index in [4.69, 9.17) is 5.11 Å². The van der Waals surface area contributed by atoms with Crippen molar-refractivity contribution in [3.63, 3.8) is 0 Å². The molecule has 26 heavy (non-hydrogen) atoms. The number of rotatable bonds is 8. The van der Waals surface area contributed by atoms with Gasteiger partial charge in [-0.3, -0.25) is 4.99 Å². The van der Waals surface area contributed by atoms with Crippen LogP contribution in [-0.4, -0.2) is 23.3 Å². The monoisotopic (exact) mass is 357 g/mol. The van der Waals surface area contributed by atoms with Gasteiger partial charge >= 0.3 is 5.97 Å². The molecule has 0 aromatic heterocycles. The molecular formula is C23H35NO2. The zero-order chi connectivity index (χ0) is 19.7. The van der Waals surface area contributed by atoms with Crippen molar-refractivity contribution in [1.82, 2.24) is 0 Å². The quantitative estimate of drug-likeness (QED) is 0.419. The summed E-state index contributed by atoms with van der Waals surface area (Å²) >= 11 is 0. The summed E-state index contributed by atoms with van der Waals surface area (Å²) < 4.78 is 0. The van der Waals surface area contributed by atoms with Crippen molar-refractivity contribution in [2.45, 2.75) is 73.3 Å². The molecule has 1 unspecified atom stereocenters. The van der Waals surface area contributed by atoms with Gasteiger partial charge in [0.05, 0.1) is 0 Å². The highest BCUT2D eigenvalue weighted by Gasteiger charge is 2.26. The molecule has 0 amide bonds. The number of carboxylic acids is 1. The van der Waals surface area contributed by atoms with Crippen molar-refractivity contribution >= 4 is 12.2 Å². The Bertz CT molecular complexity index is 633. The molecule has 144 valence electrons. The fourth-order valence-corrected chi connectivity index (χ4v) is 3.21. The SMILES string of the molecule is CC(C=CC1=C(C)CCCC1(C)C)=CC=CC(C)CC=N[C@@H](C)C(=O)O. The van der Waals surface area contributed by atoms with Crippen LogP contribution in [0.25, 0.3) is 0 Å². The predicted octanol–water partition coefficient (Wildman–Crippen LogP) is 6.14. The van der Waals surface area contributed by atoms with Gasteiger partial charge in [0.2, 0.25) is 0 Å². The normalized spacial score (nSPS) is 21.1. The molecule has 0 heterocycles. The van der Waals surface area contributed by atoms with E-state index in [0.717, 1.165) is 6.42 Å². The summed E-state index contributed by atoms with van der Waals surface area (Å²) in [5.74, 6) is -0.559. The van der Waals surface area contributed by atoms with Gasteiger partial charge in [-0.25, -0.2) is 4.79 Å². The van der Waals surface area contributed by atoms with Crippen LogP contribution in [0.1, 0.15) is 67.2 Å². The van der Waals surface area contributed by atoms with E-state index in [0.29, 0.717) is 5.92 Å². The number of nitrogens with zero attached hydrogens (tertiary/aromatic N) is 1. The summed E-state index contributed by atoms with van der Waals surface area (Å²) in [6.07, 6.45) is 17.0. The number of hydrogen-bond donors (Lipinski definition) is 1. The average Bonchev–Trinajstić information content (AvgIpc) is 2.53. The molecule has 0 radical (unpaired) electrons. The third kappa shape index (κ3) is 7.55. The lowest BCUT2D eigenvalue weighted by molar-refractivity contribution is -0.137. The summed E-state index contributed by atoms with van der Waals surface area (Å²) in [6.45, 7) is 12.7. The highest BCUT2D eigenvalue weighted by atomic mass is 16.4. The molecule has 0 aromatic carbocycles. The maximum atomic E-state index is 10.7. The first-order valence-electron chi connectivity index (χ1n) is 9.61. The number of allylic oxidation sites excluding steroid dienone is 8. The lowest BCUT2D eigenvalue weighted by Gasteiger charge is -2.32. The Morgan fingerprint density at radius 1 is 1.35 bits per heavy atom. The van der Waals surface area contributed by atoms with Crippen LogP contribution in [0.3, 0.4) is 0 Å². The lowest BCUT2D eigenvalue weighted by atomic mass is 9.72. The molecule has 3 heteroatoms. The molecule has 1 aliphatic carbocycles. The second-order valence-electron chi connectivity index (χ2n) is 8.12. The van der Waals surface area contributed by atoms with Crippen molar-refractivity contribution in [2.75, 3.05) is 0 Å². The van der Waals surface area contributed by atoms with E-state index in [1.807, 2.05) is 0 Å². The smallest absolute Gasteiger partial charge is 0.328 e. The number of carbonyl (C=O) groups is 1. The second-order valence-corrected chi connectivity index (χ2v) is 8.12. The van der Waals surface area contributed by atoms with Gasteiger partial charge < -0.3 is 5.11 Å². The molecule has 0 aromatic rings. The maximum Gasteiger partial charge on any atom is 0.328 e. The highest BCUT2D eigenvalue weighted by molar-refractivity contribution is 5.75. The minimum atomic E-state index is -0.888. The molecule has 1 aliphatic rings. The average molecular weight is 358 g/mol. The zero-order valence-corrected chi connectivity index (χ0v) is 17.2. The minimum Gasteiger partial charge on any atom is -0.480 e. The largest absolute Gasteiger partial charge is 0.480 e. The van der Waals surface area contributed by atoms with E-state index >= 15 is 0 Å². The zero-order valence-electron chi connectivity index (χ0n) is 17.2. The first-order valence-corrected chi connectivity index (χ1v) is 9.61. The van der Waals surface area contributed by atoms with Crippen molar-refractivity contribution in [3.05, 3.63) is 47.1 Å². The molecule has 0 fully saturated rings. The molecule has 0 saturated carbocycles. The summed E-state index contributed by atoms with van der Waals surface area (Å²) in [4.78, 5) is 14.7. The van der Waals surface area contributed by atoms with Crippen molar-refractivity contribution < 1.29 is 9.90 Å². The lowest BCUT2D eigenvalue weighted by Crippen LogP contribution is -2.19. The number of carboxylic acid groups (broad SMARTS) is 1. The van der Waals surface area contributed by atoms with Crippen LogP contribution in [0.5, 0.6) is 0 Å². The Balaban J connectivity index is 2.59. The van der Waals surface area contributed by atoms with Crippen molar-refractivity contribution in [1.29, 1.82) is 0 Å². The first-order chi connectivity index (χ1) is 12.1. The Labute approximate surface area is 159 Å². The third-order valence-electron chi connectivity index (χ3n) is 5.02. The molecule has 0 bridgehead atoms. The van der Waals surface area contributed by atoms with Gasteiger partial charge in [-0.05, 0) is 63.4 Å². The van der Waals surface area contributed by atoms with Crippen LogP contribution in [0, 0.1) is 11.3 Å². The Morgan fingerprint density at radius 2 is 2.04 bits per heavy atom. The first kappa shape index (κ1) is 22.1. The van der Waals surface area contributed by atoms with Crippen molar-refractivity contribution in [3.8, 4) is 0 Å². The third-order valence-corrected chi connectivity index (χ3v) is 5.02. The van der Waals surface area contributed by atoms with E-state index in [-0.39, 0.29) is 5.41 Å².